The zero-order valence-electron chi connectivity index (χ0n) is 5.97. The first-order valence-corrected chi connectivity index (χ1v) is 4.06. The lowest BCUT2D eigenvalue weighted by molar-refractivity contribution is 0.790. The van der Waals surface area contributed by atoms with E-state index in [4.69, 9.17) is 5.84 Å². The minimum Gasteiger partial charge on any atom is -0.370 e. The number of halogens is 1. The minimum absolute atomic E-state index is 0.558. The molecule has 4 N–H and O–H groups in total. The second kappa shape index (κ2) is 4.33. The summed E-state index contributed by atoms with van der Waals surface area (Å²) in [6, 6.07) is 7.87. The molecule has 0 atom stereocenters. The highest BCUT2D eigenvalue weighted by atomic mass is 79.9. The van der Waals surface area contributed by atoms with Crippen LogP contribution >= 0.6 is 15.9 Å². The lowest BCUT2D eigenvalue weighted by atomic mass is 10.3. The van der Waals surface area contributed by atoms with Gasteiger partial charge in [-0.05, 0) is 28.1 Å². The molecule has 11 heavy (non-hydrogen) atoms. The van der Waals surface area contributed by atoms with Crippen LogP contribution in [0.3, 0.4) is 0 Å². The van der Waals surface area contributed by atoms with Crippen molar-refractivity contribution in [3.63, 3.8) is 0 Å². The van der Waals surface area contributed by atoms with Crippen molar-refractivity contribution in [1.82, 2.24) is 5.43 Å². The Morgan fingerprint density at radius 2 is 2.09 bits per heavy atom. The van der Waals surface area contributed by atoms with Crippen molar-refractivity contribution in [3.05, 3.63) is 28.7 Å². The van der Waals surface area contributed by atoms with Gasteiger partial charge in [0.25, 0.3) is 0 Å². The molecule has 1 aromatic rings. The Labute approximate surface area is 74.1 Å². The van der Waals surface area contributed by atoms with Gasteiger partial charge in [0.05, 0.1) is 6.67 Å². The molecule has 0 aliphatic heterocycles. The maximum absolute atomic E-state index is 5.10. The number of anilines is 1. The number of rotatable bonds is 3. The van der Waals surface area contributed by atoms with Crippen LogP contribution in [0.5, 0.6) is 0 Å². The lowest BCUT2D eigenvalue weighted by Crippen LogP contribution is -2.28. The summed E-state index contributed by atoms with van der Waals surface area (Å²) in [5.74, 6) is 5.10. The van der Waals surface area contributed by atoms with Crippen LogP contribution in [0.4, 0.5) is 5.69 Å². The molecule has 0 heterocycles. The van der Waals surface area contributed by atoms with Crippen LogP contribution in [0.2, 0.25) is 0 Å². The fourth-order valence-electron chi connectivity index (χ4n) is 0.751. The van der Waals surface area contributed by atoms with Crippen LogP contribution in [0.25, 0.3) is 0 Å². The van der Waals surface area contributed by atoms with Gasteiger partial charge in [0.15, 0.2) is 0 Å². The third-order valence-electron chi connectivity index (χ3n) is 1.25. The van der Waals surface area contributed by atoms with Crippen LogP contribution in [0.1, 0.15) is 0 Å². The van der Waals surface area contributed by atoms with E-state index in [-0.39, 0.29) is 0 Å². The van der Waals surface area contributed by atoms with E-state index >= 15 is 0 Å². The third kappa shape index (κ3) is 2.49. The molecule has 4 heteroatoms. The molecule has 60 valence electrons. The Morgan fingerprint density at radius 3 is 2.73 bits per heavy atom. The molecule has 0 saturated carbocycles. The van der Waals surface area contributed by atoms with Gasteiger partial charge in [-0.3, -0.25) is 5.84 Å². The molecule has 0 radical (unpaired) electrons. The summed E-state index contributed by atoms with van der Waals surface area (Å²) < 4.78 is 1.04. The second-order valence-corrected chi connectivity index (χ2v) is 2.89. The topological polar surface area (TPSA) is 50.1 Å². The summed E-state index contributed by atoms with van der Waals surface area (Å²) in [5.41, 5.74) is 3.54. The van der Waals surface area contributed by atoms with Crippen LogP contribution in [-0.2, 0) is 0 Å². The van der Waals surface area contributed by atoms with E-state index in [0.717, 1.165) is 10.2 Å². The number of hydrazine groups is 1. The normalized spacial score (nSPS) is 9.64. The van der Waals surface area contributed by atoms with Gasteiger partial charge < -0.3 is 5.32 Å². The zero-order valence-corrected chi connectivity index (χ0v) is 7.56. The van der Waals surface area contributed by atoms with Gasteiger partial charge in [0, 0.05) is 10.2 Å². The van der Waals surface area contributed by atoms with Crippen LogP contribution in [0.15, 0.2) is 28.7 Å². The van der Waals surface area contributed by atoms with Gasteiger partial charge in [0.2, 0.25) is 0 Å². The van der Waals surface area contributed by atoms with Crippen LogP contribution in [0, 0.1) is 0 Å². The molecule has 0 aliphatic rings. The molecular weight excluding hydrogens is 206 g/mol. The van der Waals surface area contributed by atoms with Gasteiger partial charge >= 0.3 is 0 Å². The summed E-state index contributed by atoms with van der Waals surface area (Å²) in [6.07, 6.45) is 0. The van der Waals surface area contributed by atoms with Gasteiger partial charge in [-0.2, -0.15) is 0 Å². The quantitative estimate of drug-likeness (QED) is 0.405. The van der Waals surface area contributed by atoms with Crippen molar-refractivity contribution in [1.29, 1.82) is 0 Å². The van der Waals surface area contributed by atoms with Crippen molar-refractivity contribution in [2.24, 2.45) is 5.84 Å². The highest BCUT2D eigenvalue weighted by Crippen LogP contribution is 2.20. The molecule has 0 aliphatic carbocycles. The average Bonchev–Trinajstić information content (AvgIpc) is 2.03. The van der Waals surface area contributed by atoms with Gasteiger partial charge in [-0.15, -0.1) is 0 Å². The first kappa shape index (κ1) is 8.52. The first-order chi connectivity index (χ1) is 5.34. The number of nitrogens with one attached hydrogen (secondary N) is 2. The van der Waals surface area contributed by atoms with E-state index in [1.165, 1.54) is 0 Å². The Bertz CT molecular complexity index is 227. The van der Waals surface area contributed by atoms with E-state index in [2.05, 4.69) is 26.7 Å². The zero-order chi connectivity index (χ0) is 8.10. The summed E-state index contributed by atoms with van der Waals surface area (Å²) in [6.45, 7) is 0.558. The molecular formula is C7H10BrN3. The molecule has 1 rings (SSSR count). The first-order valence-electron chi connectivity index (χ1n) is 3.26. The van der Waals surface area contributed by atoms with Crippen LogP contribution < -0.4 is 16.6 Å². The molecule has 0 bridgehead atoms. The smallest absolute Gasteiger partial charge is 0.0781 e. The Kier molecular flexibility index (Phi) is 3.35. The average molecular weight is 216 g/mol. The summed E-state index contributed by atoms with van der Waals surface area (Å²) in [4.78, 5) is 0. The highest BCUT2D eigenvalue weighted by Gasteiger charge is 1.93. The third-order valence-corrected chi connectivity index (χ3v) is 1.95. The number of hydrogen-bond acceptors (Lipinski definition) is 3. The van der Waals surface area contributed by atoms with Gasteiger partial charge in [-0.1, -0.05) is 12.1 Å². The maximum Gasteiger partial charge on any atom is 0.0781 e. The molecule has 0 spiro atoms. The Balaban J connectivity index is 2.62. The Hall–Kier alpha value is -0.580. The lowest BCUT2D eigenvalue weighted by Gasteiger charge is -2.06. The van der Waals surface area contributed by atoms with Gasteiger partial charge in [-0.25, -0.2) is 5.43 Å². The molecule has 0 fully saturated rings. The van der Waals surface area contributed by atoms with E-state index in [0.29, 0.717) is 6.67 Å². The monoisotopic (exact) mass is 215 g/mol. The second-order valence-electron chi connectivity index (χ2n) is 2.04. The summed E-state index contributed by atoms with van der Waals surface area (Å²) in [7, 11) is 0. The standard InChI is InChI=1S/C7H10BrN3/c8-6-3-1-2-4-7(6)10-5-11-9/h1-4,10-11H,5,9H2. The predicted octanol–water partition coefficient (Wildman–Crippen LogP) is 1.28. The van der Waals surface area contributed by atoms with E-state index in [9.17, 15) is 0 Å². The predicted molar refractivity (Wildman–Crippen MR) is 50.0 cm³/mol. The Morgan fingerprint density at radius 1 is 1.36 bits per heavy atom. The SMILES string of the molecule is NNCNc1ccccc1Br. The van der Waals surface area contributed by atoms with E-state index in [1.54, 1.807) is 0 Å². The molecule has 0 aromatic heterocycles. The maximum atomic E-state index is 5.10. The fourth-order valence-corrected chi connectivity index (χ4v) is 1.18. The van der Waals surface area contributed by atoms with Crippen molar-refractivity contribution >= 4 is 21.6 Å². The van der Waals surface area contributed by atoms with Crippen molar-refractivity contribution in [2.75, 3.05) is 12.0 Å². The number of nitrogens with two attached hydrogens (primary N) is 1. The van der Waals surface area contributed by atoms with E-state index < -0.39 is 0 Å². The number of para-hydroxylation sites is 1. The molecule has 0 saturated heterocycles. The van der Waals surface area contributed by atoms with Crippen LogP contribution in [-0.4, -0.2) is 6.67 Å². The molecule has 1 aromatic carbocycles. The van der Waals surface area contributed by atoms with Crippen molar-refractivity contribution in [3.8, 4) is 0 Å². The highest BCUT2D eigenvalue weighted by molar-refractivity contribution is 9.10. The largest absolute Gasteiger partial charge is 0.370 e. The fraction of sp³-hybridized carbons (Fsp3) is 0.143. The molecule has 3 nitrogen and oxygen atoms in total. The summed E-state index contributed by atoms with van der Waals surface area (Å²) in [5, 5.41) is 3.08. The number of benzene rings is 1. The number of hydrogen-bond donors (Lipinski definition) is 3. The van der Waals surface area contributed by atoms with Gasteiger partial charge in [0.1, 0.15) is 0 Å². The minimum atomic E-state index is 0.558. The summed E-state index contributed by atoms with van der Waals surface area (Å²) >= 11 is 3.40. The van der Waals surface area contributed by atoms with Crippen molar-refractivity contribution < 1.29 is 0 Å². The molecule has 0 unspecified atom stereocenters. The van der Waals surface area contributed by atoms with E-state index in [1.807, 2.05) is 24.3 Å². The molecule has 0 amide bonds. The van der Waals surface area contributed by atoms with Crippen molar-refractivity contribution in [2.45, 2.75) is 0 Å².